The molecule has 1 atom stereocenters. The summed E-state index contributed by atoms with van der Waals surface area (Å²) in [6.45, 7) is 0.321. The molecule has 0 aromatic carbocycles. The minimum atomic E-state index is 0.321. The molecule has 10 heavy (non-hydrogen) atoms. The number of ether oxygens (including phenoxy) is 1. The molecule has 2 heteroatoms. The molecular weight excluding hydrogens is 128 g/mol. The van der Waals surface area contributed by atoms with E-state index in [2.05, 4.69) is 6.08 Å². The predicted molar refractivity (Wildman–Crippen MR) is 39.6 cm³/mol. The van der Waals surface area contributed by atoms with Crippen LogP contribution in [0.25, 0.3) is 0 Å². The second kappa shape index (κ2) is 4.34. The molecule has 58 valence electrons. The molecule has 0 fully saturated rings. The lowest BCUT2D eigenvalue weighted by molar-refractivity contribution is 0.128. The van der Waals surface area contributed by atoms with Gasteiger partial charge < -0.3 is 9.84 Å². The fourth-order valence-electron chi connectivity index (χ4n) is 0.988. The van der Waals surface area contributed by atoms with Crippen molar-refractivity contribution in [3.05, 3.63) is 12.3 Å². The smallest absolute Gasteiger partial charge is 0.119 e. The van der Waals surface area contributed by atoms with E-state index in [0.717, 1.165) is 25.7 Å². The highest BCUT2D eigenvalue weighted by Gasteiger charge is 2.09. The van der Waals surface area contributed by atoms with Crippen LogP contribution in [0, 0.1) is 0 Å². The highest BCUT2D eigenvalue weighted by molar-refractivity contribution is 4.94. The van der Waals surface area contributed by atoms with Gasteiger partial charge in [-0.1, -0.05) is 6.42 Å². The average molecular weight is 142 g/mol. The van der Waals surface area contributed by atoms with Crippen molar-refractivity contribution >= 4 is 0 Å². The minimum Gasteiger partial charge on any atom is -0.494 e. The molecular formula is C8H14O2. The molecule has 0 bridgehead atoms. The molecule has 0 spiro atoms. The van der Waals surface area contributed by atoms with E-state index < -0.39 is 0 Å². The third kappa shape index (κ3) is 2.40. The molecule has 1 heterocycles. The highest BCUT2D eigenvalue weighted by Crippen LogP contribution is 2.14. The molecule has 1 aliphatic heterocycles. The van der Waals surface area contributed by atoms with Crippen molar-refractivity contribution in [3.8, 4) is 0 Å². The zero-order valence-electron chi connectivity index (χ0n) is 6.12. The number of hydrogen-bond acceptors (Lipinski definition) is 2. The van der Waals surface area contributed by atoms with Gasteiger partial charge in [-0.15, -0.1) is 0 Å². The zero-order chi connectivity index (χ0) is 7.23. The fraction of sp³-hybridized carbons (Fsp3) is 0.750. The Bertz CT molecular complexity index is 110. The number of aliphatic hydroxyl groups is 1. The maximum Gasteiger partial charge on any atom is 0.119 e. The first kappa shape index (κ1) is 7.61. The van der Waals surface area contributed by atoms with E-state index in [9.17, 15) is 0 Å². The summed E-state index contributed by atoms with van der Waals surface area (Å²) in [6.07, 6.45) is 8.49. The topological polar surface area (TPSA) is 29.5 Å². The van der Waals surface area contributed by atoms with Gasteiger partial charge in [0.15, 0.2) is 0 Å². The fourth-order valence-corrected chi connectivity index (χ4v) is 0.988. The van der Waals surface area contributed by atoms with Gasteiger partial charge in [0, 0.05) is 6.61 Å². The Morgan fingerprint density at radius 3 is 2.60 bits per heavy atom. The van der Waals surface area contributed by atoms with E-state index >= 15 is 0 Å². The van der Waals surface area contributed by atoms with Gasteiger partial charge >= 0.3 is 0 Å². The van der Waals surface area contributed by atoms with Crippen molar-refractivity contribution in [2.75, 3.05) is 6.61 Å². The zero-order valence-corrected chi connectivity index (χ0v) is 6.12. The van der Waals surface area contributed by atoms with Crippen LogP contribution in [0.15, 0.2) is 12.3 Å². The number of aliphatic hydroxyl groups excluding tert-OH is 1. The van der Waals surface area contributed by atoms with E-state index in [4.69, 9.17) is 9.84 Å². The van der Waals surface area contributed by atoms with Gasteiger partial charge in [0.25, 0.3) is 0 Å². The normalized spacial score (nSPS) is 21.9. The first-order chi connectivity index (χ1) is 4.93. The molecule has 0 aliphatic carbocycles. The van der Waals surface area contributed by atoms with Crippen LogP contribution in [0.2, 0.25) is 0 Å². The summed E-state index contributed by atoms with van der Waals surface area (Å²) >= 11 is 0. The molecule has 0 amide bonds. The van der Waals surface area contributed by atoms with Gasteiger partial charge in [0.2, 0.25) is 0 Å². The minimum absolute atomic E-state index is 0.321. The monoisotopic (exact) mass is 142 g/mol. The second-order valence-electron chi connectivity index (χ2n) is 2.58. The highest BCUT2D eigenvalue weighted by atomic mass is 16.5. The Morgan fingerprint density at radius 1 is 1.30 bits per heavy atom. The van der Waals surface area contributed by atoms with Crippen LogP contribution >= 0.6 is 0 Å². The molecule has 1 N–H and O–H groups in total. The number of unbranched alkanes of at least 4 members (excludes halogenated alkanes) is 2. The summed E-state index contributed by atoms with van der Waals surface area (Å²) in [5.41, 5.74) is 0. The van der Waals surface area contributed by atoms with Crippen molar-refractivity contribution in [2.24, 2.45) is 0 Å². The molecule has 0 saturated heterocycles. The van der Waals surface area contributed by atoms with E-state index in [0.29, 0.717) is 12.7 Å². The van der Waals surface area contributed by atoms with Crippen LogP contribution < -0.4 is 0 Å². The maximum absolute atomic E-state index is 8.46. The van der Waals surface area contributed by atoms with E-state index in [1.807, 2.05) is 0 Å². The largest absolute Gasteiger partial charge is 0.494 e. The van der Waals surface area contributed by atoms with Crippen LogP contribution in [0.1, 0.15) is 25.7 Å². The van der Waals surface area contributed by atoms with E-state index in [1.165, 1.54) is 0 Å². The summed E-state index contributed by atoms with van der Waals surface area (Å²) in [5.74, 6) is 0. The predicted octanol–water partition coefficient (Wildman–Crippen LogP) is 1.45. The second-order valence-corrected chi connectivity index (χ2v) is 2.58. The molecule has 1 aliphatic rings. The molecule has 1 rings (SSSR count). The van der Waals surface area contributed by atoms with Gasteiger partial charge in [-0.2, -0.15) is 0 Å². The maximum atomic E-state index is 8.46. The average Bonchev–Trinajstić information content (AvgIpc) is 1.84. The first-order valence-corrected chi connectivity index (χ1v) is 3.86. The van der Waals surface area contributed by atoms with Crippen molar-refractivity contribution in [1.82, 2.24) is 0 Å². The van der Waals surface area contributed by atoms with Gasteiger partial charge in [-0.3, -0.25) is 0 Å². The lowest BCUT2D eigenvalue weighted by Gasteiger charge is -2.18. The molecule has 0 aromatic heterocycles. The standard InChI is InChI=1S/C8H14O2/c9-6-3-1-2-4-8-5-7-10-8/h5,7-9H,1-4,6H2. The van der Waals surface area contributed by atoms with Crippen LogP contribution in [0.4, 0.5) is 0 Å². The van der Waals surface area contributed by atoms with E-state index in [1.54, 1.807) is 6.26 Å². The lowest BCUT2D eigenvalue weighted by Crippen LogP contribution is -2.13. The Labute approximate surface area is 61.5 Å². The Kier molecular flexibility index (Phi) is 3.30. The van der Waals surface area contributed by atoms with Crippen molar-refractivity contribution < 1.29 is 9.84 Å². The van der Waals surface area contributed by atoms with Crippen LogP contribution in [0.3, 0.4) is 0 Å². The molecule has 0 aromatic rings. The SMILES string of the molecule is OCCCCCC1C=CO1. The van der Waals surface area contributed by atoms with Gasteiger partial charge in [-0.25, -0.2) is 0 Å². The quantitative estimate of drug-likeness (QED) is 0.589. The van der Waals surface area contributed by atoms with Crippen LogP contribution in [-0.2, 0) is 4.74 Å². The number of hydrogen-bond donors (Lipinski definition) is 1. The Hall–Kier alpha value is -0.500. The molecule has 0 radical (unpaired) electrons. The molecule has 2 nitrogen and oxygen atoms in total. The lowest BCUT2D eigenvalue weighted by atomic mass is 10.1. The summed E-state index contributed by atoms with van der Waals surface area (Å²) in [5, 5.41) is 8.46. The van der Waals surface area contributed by atoms with Crippen molar-refractivity contribution in [3.63, 3.8) is 0 Å². The summed E-state index contributed by atoms with van der Waals surface area (Å²) in [6, 6.07) is 0. The molecule has 1 unspecified atom stereocenters. The summed E-state index contributed by atoms with van der Waals surface area (Å²) in [4.78, 5) is 0. The summed E-state index contributed by atoms with van der Waals surface area (Å²) < 4.78 is 5.07. The van der Waals surface area contributed by atoms with Gasteiger partial charge in [-0.05, 0) is 25.3 Å². The molecule has 0 saturated carbocycles. The summed E-state index contributed by atoms with van der Waals surface area (Å²) in [7, 11) is 0. The van der Waals surface area contributed by atoms with Gasteiger partial charge in [0.1, 0.15) is 6.10 Å². The van der Waals surface area contributed by atoms with E-state index in [-0.39, 0.29) is 0 Å². The third-order valence-electron chi connectivity index (χ3n) is 1.69. The van der Waals surface area contributed by atoms with Crippen LogP contribution in [0.5, 0.6) is 0 Å². The Morgan fingerprint density at radius 2 is 2.10 bits per heavy atom. The van der Waals surface area contributed by atoms with Crippen LogP contribution in [-0.4, -0.2) is 17.8 Å². The third-order valence-corrected chi connectivity index (χ3v) is 1.69. The van der Waals surface area contributed by atoms with Gasteiger partial charge in [0.05, 0.1) is 6.26 Å². The Balaban J connectivity index is 1.81. The van der Waals surface area contributed by atoms with Crippen molar-refractivity contribution in [1.29, 1.82) is 0 Å². The van der Waals surface area contributed by atoms with Crippen molar-refractivity contribution in [2.45, 2.75) is 31.8 Å². The number of rotatable bonds is 5. The first-order valence-electron chi connectivity index (χ1n) is 3.86.